The molecule has 0 unspecified atom stereocenters. The van der Waals surface area contributed by atoms with Crippen molar-refractivity contribution in [2.45, 2.75) is 20.8 Å². The number of ether oxygens (including phenoxy) is 3. The Hall–Kier alpha value is -4.81. The van der Waals surface area contributed by atoms with E-state index in [-0.39, 0.29) is 15.8 Å². The molecule has 1 aromatic heterocycles. The van der Waals surface area contributed by atoms with Crippen molar-refractivity contribution in [1.82, 2.24) is 4.57 Å². The zero-order valence-corrected chi connectivity index (χ0v) is 23.9. The molecule has 0 saturated carbocycles. The van der Waals surface area contributed by atoms with Crippen LogP contribution in [0, 0.1) is 32.1 Å². The zero-order valence-electron chi connectivity index (χ0n) is 23.1. The Balaban J connectivity index is 2.02. The number of nitriles is 1. The number of carbonyl (C=O) groups is 1. The average molecular weight is 556 g/mol. The van der Waals surface area contributed by atoms with Gasteiger partial charge in [0.05, 0.1) is 31.5 Å². The standard InChI is InChI=1S/C31H29N3O5S/c1-18-7-10-22(11-8-18)33-29(35)24(17-32)31-34(23-12-9-19(2)20(3)13-23)30(36)28(40-31)15-21-14-26(38-5)27(39-6)16-25(21)37-4/h7-16H,1-6H3,(H,33,35). The van der Waals surface area contributed by atoms with Gasteiger partial charge in [-0.1, -0.05) is 23.8 Å². The first-order valence-corrected chi connectivity index (χ1v) is 13.2. The Morgan fingerprint density at radius 3 is 2.15 bits per heavy atom. The number of hydrogen-bond donors (Lipinski definition) is 1. The van der Waals surface area contributed by atoms with Crippen LogP contribution >= 0.6 is 11.3 Å². The fourth-order valence-corrected chi connectivity index (χ4v) is 5.17. The van der Waals surface area contributed by atoms with E-state index in [4.69, 9.17) is 14.2 Å². The summed E-state index contributed by atoms with van der Waals surface area (Å²) in [4.78, 5) is 27.2. The van der Waals surface area contributed by atoms with E-state index < -0.39 is 5.91 Å². The van der Waals surface area contributed by atoms with Crippen LogP contribution in [0.1, 0.15) is 22.3 Å². The number of rotatable bonds is 7. The van der Waals surface area contributed by atoms with E-state index >= 15 is 0 Å². The Labute approximate surface area is 236 Å². The van der Waals surface area contributed by atoms with Crippen molar-refractivity contribution in [3.05, 3.63) is 96.4 Å². The molecule has 0 saturated heterocycles. The SMILES string of the molecule is COc1cc(OC)c(OC)cc1C=c1sc(=C(C#N)C(=O)Nc2ccc(C)cc2)n(-c2ccc(C)c(C)c2)c1=O. The van der Waals surface area contributed by atoms with Crippen LogP contribution in [0.3, 0.4) is 0 Å². The zero-order chi connectivity index (χ0) is 29.0. The molecule has 8 nitrogen and oxygen atoms in total. The molecular weight excluding hydrogens is 526 g/mol. The van der Waals surface area contributed by atoms with Crippen LogP contribution in [0.4, 0.5) is 5.69 Å². The highest BCUT2D eigenvalue weighted by Gasteiger charge is 2.18. The number of nitrogens with one attached hydrogen (secondary N) is 1. The van der Waals surface area contributed by atoms with Gasteiger partial charge in [0.2, 0.25) is 0 Å². The van der Waals surface area contributed by atoms with Gasteiger partial charge in [0.25, 0.3) is 11.5 Å². The summed E-state index contributed by atoms with van der Waals surface area (Å²) in [6.45, 7) is 5.86. The number of benzene rings is 3. The molecular formula is C31H29N3O5S. The van der Waals surface area contributed by atoms with Gasteiger partial charge in [-0.2, -0.15) is 5.26 Å². The van der Waals surface area contributed by atoms with E-state index in [2.05, 4.69) is 5.32 Å². The molecule has 0 radical (unpaired) electrons. The molecule has 0 spiro atoms. The fourth-order valence-electron chi connectivity index (χ4n) is 4.08. The van der Waals surface area contributed by atoms with Gasteiger partial charge in [-0.15, -0.1) is 11.3 Å². The Morgan fingerprint density at radius 2 is 1.55 bits per heavy atom. The lowest BCUT2D eigenvalue weighted by Crippen LogP contribution is -2.32. The molecule has 1 N–H and O–H groups in total. The predicted molar refractivity (Wildman–Crippen MR) is 157 cm³/mol. The van der Waals surface area contributed by atoms with Crippen molar-refractivity contribution < 1.29 is 19.0 Å². The number of thiazole rings is 1. The minimum absolute atomic E-state index is 0.181. The Morgan fingerprint density at radius 1 is 0.900 bits per heavy atom. The van der Waals surface area contributed by atoms with Crippen molar-refractivity contribution >= 4 is 34.6 Å². The molecule has 4 rings (SSSR count). The van der Waals surface area contributed by atoms with Crippen molar-refractivity contribution in [1.29, 1.82) is 5.26 Å². The average Bonchev–Trinajstić information content (AvgIpc) is 3.26. The highest BCUT2D eigenvalue weighted by atomic mass is 32.1. The molecule has 0 aliphatic heterocycles. The summed E-state index contributed by atoms with van der Waals surface area (Å²) in [5.74, 6) is 0.790. The normalized spacial score (nSPS) is 12.0. The highest BCUT2D eigenvalue weighted by Crippen LogP contribution is 2.34. The Kier molecular flexibility index (Phi) is 8.41. The second-order valence-electron chi connectivity index (χ2n) is 9.08. The van der Waals surface area contributed by atoms with Crippen LogP contribution in [-0.4, -0.2) is 31.8 Å². The van der Waals surface area contributed by atoms with Gasteiger partial charge in [-0.05, 0) is 68.3 Å². The summed E-state index contributed by atoms with van der Waals surface area (Å²) in [5.41, 5.74) is 4.16. The third kappa shape index (κ3) is 5.63. The lowest BCUT2D eigenvalue weighted by atomic mass is 10.1. The summed E-state index contributed by atoms with van der Waals surface area (Å²) >= 11 is 1.05. The molecule has 0 bridgehead atoms. The highest BCUT2D eigenvalue weighted by molar-refractivity contribution is 7.07. The van der Waals surface area contributed by atoms with E-state index in [1.807, 2.05) is 51.1 Å². The molecule has 204 valence electrons. The number of methoxy groups -OCH3 is 3. The maximum Gasteiger partial charge on any atom is 0.273 e. The van der Waals surface area contributed by atoms with Gasteiger partial charge < -0.3 is 19.5 Å². The van der Waals surface area contributed by atoms with E-state index in [0.29, 0.717) is 38.7 Å². The summed E-state index contributed by atoms with van der Waals surface area (Å²) in [6, 6.07) is 18.2. The molecule has 9 heteroatoms. The van der Waals surface area contributed by atoms with Crippen molar-refractivity contribution in [3.8, 4) is 29.0 Å². The smallest absolute Gasteiger partial charge is 0.273 e. The van der Waals surface area contributed by atoms with Gasteiger partial charge in [-0.3, -0.25) is 14.2 Å². The van der Waals surface area contributed by atoms with Crippen molar-refractivity contribution in [2.75, 3.05) is 26.6 Å². The van der Waals surface area contributed by atoms with Gasteiger partial charge in [0.15, 0.2) is 17.1 Å². The molecule has 40 heavy (non-hydrogen) atoms. The van der Waals surface area contributed by atoms with Crippen LogP contribution in [0.25, 0.3) is 17.3 Å². The minimum atomic E-state index is -0.611. The maximum atomic E-state index is 13.9. The van der Waals surface area contributed by atoms with E-state index in [9.17, 15) is 14.9 Å². The van der Waals surface area contributed by atoms with Gasteiger partial charge >= 0.3 is 0 Å². The first-order valence-electron chi connectivity index (χ1n) is 12.3. The van der Waals surface area contributed by atoms with E-state index in [1.54, 1.807) is 36.4 Å². The first-order chi connectivity index (χ1) is 19.2. The van der Waals surface area contributed by atoms with Gasteiger partial charge in [-0.25, -0.2) is 0 Å². The van der Waals surface area contributed by atoms with Crippen molar-refractivity contribution in [2.24, 2.45) is 0 Å². The predicted octanol–water partition coefficient (Wildman–Crippen LogP) is 3.99. The quantitative estimate of drug-likeness (QED) is 0.370. The van der Waals surface area contributed by atoms with Gasteiger partial charge in [0.1, 0.15) is 16.5 Å². The molecule has 1 amide bonds. The summed E-state index contributed by atoms with van der Waals surface area (Å²) in [5, 5.41) is 12.9. The topological polar surface area (TPSA) is 103 Å². The number of amides is 1. The third-order valence-electron chi connectivity index (χ3n) is 6.46. The summed E-state index contributed by atoms with van der Waals surface area (Å²) < 4.78 is 18.3. The number of anilines is 1. The molecule has 0 fully saturated rings. The molecule has 0 atom stereocenters. The van der Waals surface area contributed by atoms with Crippen LogP contribution < -0.4 is 34.3 Å². The number of aryl methyl sites for hydroxylation is 3. The van der Waals surface area contributed by atoms with E-state index in [0.717, 1.165) is 28.0 Å². The summed E-state index contributed by atoms with van der Waals surface area (Å²) in [7, 11) is 4.56. The minimum Gasteiger partial charge on any atom is -0.496 e. The van der Waals surface area contributed by atoms with E-state index in [1.165, 1.54) is 25.9 Å². The lowest BCUT2D eigenvalue weighted by Gasteiger charge is -2.11. The number of carbonyl (C=O) groups excluding carboxylic acids is 1. The monoisotopic (exact) mass is 555 g/mol. The van der Waals surface area contributed by atoms with Crippen LogP contribution in [0.15, 0.2) is 59.4 Å². The molecule has 3 aromatic carbocycles. The second-order valence-corrected chi connectivity index (χ2v) is 10.1. The van der Waals surface area contributed by atoms with Crippen LogP contribution in [0.2, 0.25) is 0 Å². The Bertz CT molecular complexity index is 1810. The summed E-state index contributed by atoms with van der Waals surface area (Å²) in [6.07, 6.45) is 1.65. The van der Waals surface area contributed by atoms with Crippen LogP contribution in [0.5, 0.6) is 17.2 Å². The number of nitrogens with zero attached hydrogens (tertiary/aromatic N) is 2. The molecule has 4 aromatic rings. The number of hydrogen-bond acceptors (Lipinski definition) is 7. The van der Waals surface area contributed by atoms with Gasteiger partial charge in [0, 0.05) is 17.3 Å². The third-order valence-corrected chi connectivity index (χ3v) is 7.55. The van der Waals surface area contributed by atoms with Crippen molar-refractivity contribution in [3.63, 3.8) is 0 Å². The molecule has 0 aliphatic carbocycles. The fraction of sp³-hybridized carbons (Fsp3) is 0.194. The largest absolute Gasteiger partial charge is 0.496 e. The number of aromatic nitrogens is 1. The first kappa shape index (κ1) is 28.2. The lowest BCUT2D eigenvalue weighted by molar-refractivity contribution is -0.111. The maximum absolute atomic E-state index is 13.9. The van der Waals surface area contributed by atoms with Crippen LogP contribution in [-0.2, 0) is 4.79 Å². The second kappa shape index (κ2) is 11.9. The molecule has 1 heterocycles. The molecule has 0 aliphatic rings.